The van der Waals surface area contributed by atoms with E-state index in [0.717, 1.165) is 18.7 Å². The van der Waals surface area contributed by atoms with Crippen LogP contribution in [0.3, 0.4) is 0 Å². The van der Waals surface area contributed by atoms with Crippen molar-refractivity contribution in [2.75, 3.05) is 17.2 Å². The van der Waals surface area contributed by atoms with Crippen molar-refractivity contribution < 1.29 is 0 Å². The Morgan fingerprint density at radius 2 is 2.00 bits per heavy atom. The molecule has 0 aliphatic rings. The highest BCUT2D eigenvalue weighted by Crippen LogP contribution is 2.21. The number of nitrogens with zero attached hydrogens (tertiary/aromatic N) is 2. The van der Waals surface area contributed by atoms with Crippen molar-refractivity contribution >= 4 is 29.1 Å². The SMILES string of the molecule is CCCNc1nc(Nc2ccccc2)ncc1Cl. The van der Waals surface area contributed by atoms with Gasteiger partial charge in [-0.3, -0.25) is 0 Å². The quantitative estimate of drug-likeness (QED) is 0.863. The third kappa shape index (κ3) is 3.34. The molecule has 0 spiro atoms. The Bertz CT molecular complexity index is 502. The van der Waals surface area contributed by atoms with E-state index in [4.69, 9.17) is 11.6 Å². The van der Waals surface area contributed by atoms with Gasteiger partial charge in [-0.25, -0.2) is 4.98 Å². The van der Waals surface area contributed by atoms with Gasteiger partial charge in [0.2, 0.25) is 5.95 Å². The number of rotatable bonds is 5. The summed E-state index contributed by atoms with van der Waals surface area (Å²) in [6.45, 7) is 2.92. The molecule has 0 unspecified atom stereocenters. The normalized spacial score (nSPS) is 10.1. The number of hydrogen-bond donors (Lipinski definition) is 2. The lowest BCUT2D eigenvalue weighted by molar-refractivity contribution is 0.966. The van der Waals surface area contributed by atoms with Gasteiger partial charge in [0.15, 0.2) is 0 Å². The Labute approximate surface area is 111 Å². The predicted octanol–water partition coefficient (Wildman–Crippen LogP) is 3.70. The minimum atomic E-state index is 0.530. The van der Waals surface area contributed by atoms with Crippen LogP contribution in [0.4, 0.5) is 17.5 Å². The van der Waals surface area contributed by atoms with Crippen molar-refractivity contribution in [1.29, 1.82) is 0 Å². The Hall–Kier alpha value is -1.81. The van der Waals surface area contributed by atoms with Gasteiger partial charge in [-0.1, -0.05) is 36.7 Å². The highest BCUT2D eigenvalue weighted by molar-refractivity contribution is 6.32. The Morgan fingerprint density at radius 1 is 1.22 bits per heavy atom. The van der Waals surface area contributed by atoms with Crippen molar-refractivity contribution in [3.63, 3.8) is 0 Å². The van der Waals surface area contributed by atoms with Crippen molar-refractivity contribution in [3.8, 4) is 0 Å². The zero-order chi connectivity index (χ0) is 12.8. The highest BCUT2D eigenvalue weighted by atomic mass is 35.5. The second kappa shape index (κ2) is 6.21. The minimum absolute atomic E-state index is 0.530. The maximum Gasteiger partial charge on any atom is 0.229 e. The molecule has 18 heavy (non-hydrogen) atoms. The van der Waals surface area contributed by atoms with E-state index < -0.39 is 0 Å². The zero-order valence-corrected chi connectivity index (χ0v) is 10.9. The largest absolute Gasteiger partial charge is 0.369 e. The molecule has 0 fully saturated rings. The summed E-state index contributed by atoms with van der Waals surface area (Å²) < 4.78 is 0. The number of nitrogens with one attached hydrogen (secondary N) is 2. The molecule has 0 amide bonds. The van der Waals surface area contributed by atoms with E-state index in [1.54, 1.807) is 6.20 Å². The molecule has 0 saturated carbocycles. The average molecular weight is 263 g/mol. The van der Waals surface area contributed by atoms with Crippen LogP contribution in [0.2, 0.25) is 5.02 Å². The smallest absolute Gasteiger partial charge is 0.229 e. The van der Waals surface area contributed by atoms with Gasteiger partial charge in [-0.2, -0.15) is 4.98 Å². The Morgan fingerprint density at radius 3 is 2.72 bits per heavy atom. The standard InChI is InChI=1S/C13H15ClN4/c1-2-8-15-12-11(14)9-16-13(18-12)17-10-6-4-3-5-7-10/h3-7,9H,2,8H2,1H3,(H2,15,16,17,18). The van der Waals surface area contributed by atoms with Crippen LogP contribution >= 0.6 is 11.6 Å². The fraction of sp³-hybridized carbons (Fsp3) is 0.231. The van der Waals surface area contributed by atoms with E-state index >= 15 is 0 Å². The van der Waals surface area contributed by atoms with Gasteiger partial charge in [-0.05, 0) is 18.6 Å². The number of hydrogen-bond acceptors (Lipinski definition) is 4. The lowest BCUT2D eigenvalue weighted by atomic mass is 10.3. The topological polar surface area (TPSA) is 49.8 Å². The van der Waals surface area contributed by atoms with Crippen molar-refractivity contribution in [3.05, 3.63) is 41.6 Å². The summed E-state index contributed by atoms with van der Waals surface area (Å²) in [7, 11) is 0. The second-order valence-electron chi connectivity index (χ2n) is 3.81. The maximum atomic E-state index is 6.02. The van der Waals surface area contributed by atoms with Crippen LogP contribution in [-0.2, 0) is 0 Å². The van der Waals surface area contributed by atoms with Gasteiger partial charge >= 0.3 is 0 Å². The number of benzene rings is 1. The van der Waals surface area contributed by atoms with E-state index in [2.05, 4.69) is 27.5 Å². The van der Waals surface area contributed by atoms with Crippen LogP contribution in [-0.4, -0.2) is 16.5 Å². The summed E-state index contributed by atoms with van der Waals surface area (Å²) in [5.74, 6) is 1.19. The Kier molecular flexibility index (Phi) is 4.36. The van der Waals surface area contributed by atoms with Gasteiger partial charge in [0.25, 0.3) is 0 Å². The van der Waals surface area contributed by atoms with E-state index in [1.165, 1.54) is 0 Å². The van der Waals surface area contributed by atoms with Crippen molar-refractivity contribution in [1.82, 2.24) is 9.97 Å². The molecular formula is C13H15ClN4. The average Bonchev–Trinajstić information content (AvgIpc) is 2.40. The number of halogens is 1. The van der Waals surface area contributed by atoms with Crippen LogP contribution in [0.5, 0.6) is 0 Å². The van der Waals surface area contributed by atoms with Crippen LogP contribution in [0.1, 0.15) is 13.3 Å². The molecule has 4 nitrogen and oxygen atoms in total. The van der Waals surface area contributed by atoms with E-state index in [1.807, 2.05) is 30.3 Å². The lowest BCUT2D eigenvalue weighted by Crippen LogP contribution is -2.05. The minimum Gasteiger partial charge on any atom is -0.369 e. The van der Waals surface area contributed by atoms with Crippen molar-refractivity contribution in [2.24, 2.45) is 0 Å². The van der Waals surface area contributed by atoms with Crippen molar-refractivity contribution in [2.45, 2.75) is 13.3 Å². The summed E-state index contributed by atoms with van der Waals surface area (Å²) in [6.07, 6.45) is 2.61. The first kappa shape index (κ1) is 12.6. The molecule has 0 radical (unpaired) electrons. The van der Waals surface area contributed by atoms with Crippen LogP contribution in [0.15, 0.2) is 36.5 Å². The first-order valence-corrected chi connectivity index (χ1v) is 6.26. The van der Waals surface area contributed by atoms with Gasteiger partial charge in [-0.15, -0.1) is 0 Å². The summed E-state index contributed by atoms with van der Waals surface area (Å²) in [4.78, 5) is 8.49. The van der Waals surface area contributed by atoms with Crippen LogP contribution in [0, 0.1) is 0 Å². The predicted molar refractivity (Wildman–Crippen MR) is 75.5 cm³/mol. The first-order chi connectivity index (χ1) is 8.79. The lowest BCUT2D eigenvalue weighted by Gasteiger charge is -2.09. The molecule has 5 heteroatoms. The highest BCUT2D eigenvalue weighted by Gasteiger charge is 2.04. The summed E-state index contributed by atoms with van der Waals surface area (Å²) in [5, 5.41) is 6.82. The third-order valence-corrected chi connectivity index (χ3v) is 2.59. The summed E-state index contributed by atoms with van der Waals surface area (Å²) in [6, 6.07) is 9.78. The summed E-state index contributed by atoms with van der Waals surface area (Å²) >= 11 is 6.02. The number of para-hydroxylation sites is 1. The molecule has 0 atom stereocenters. The van der Waals surface area contributed by atoms with E-state index in [9.17, 15) is 0 Å². The molecule has 0 aliphatic carbocycles. The fourth-order valence-electron chi connectivity index (χ4n) is 1.45. The Balaban J connectivity index is 2.14. The molecular weight excluding hydrogens is 248 g/mol. The second-order valence-corrected chi connectivity index (χ2v) is 4.22. The molecule has 1 aromatic heterocycles. The molecule has 0 aliphatic heterocycles. The van der Waals surface area contributed by atoms with E-state index in [-0.39, 0.29) is 0 Å². The monoisotopic (exact) mass is 262 g/mol. The molecule has 94 valence electrons. The molecule has 1 heterocycles. The molecule has 0 saturated heterocycles. The maximum absolute atomic E-state index is 6.02. The van der Waals surface area contributed by atoms with Gasteiger partial charge in [0.1, 0.15) is 10.8 Å². The fourth-order valence-corrected chi connectivity index (χ4v) is 1.60. The van der Waals surface area contributed by atoms with Gasteiger partial charge < -0.3 is 10.6 Å². The van der Waals surface area contributed by atoms with Gasteiger partial charge in [0, 0.05) is 12.2 Å². The summed E-state index contributed by atoms with van der Waals surface area (Å²) in [5.41, 5.74) is 0.946. The molecule has 1 aromatic carbocycles. The third-order valence-electron chi connectivity index (χ3n) is 2.32. The number of anilines is 3. The van der Waals surface area contributed by atoms with Crippen LogP contribution < -0.4 is 10.6 Å². The number of aromatic nitrogens is 2. The molecule has 2 N–H and O–H groups in total. The van der Waals surface area contributed by atoms with E-state index in [0.29, 0.717) is 16.8 Å². The molecule has 2 aromatic rings. The molecule has 0 bridgehead atoms. The van der Waals surface area contributed by atoms with Gasteiger partial charge in [0.05, 0.1) is 6.20 Å². The zero-order valence-electron chi connectivity index (χ0n) is 10.2. The van der Waals surface area contributed by atoms with Crippen LogP contribution in [0.25, 0.3) is 0 Å². The first-order valence-electron chi connectivity index (χ1n) is 5.88. The molecule has 2 rings (SSSR count).